The first kappa shape index (κ1) is 44.5. The summed E-state index contributed by atoms with van der Waals surface area (Å²) >= 11 is 0. The van der Waals surface area contributed by atoms with Crippen LogP contribution in [-0.4, -0.2) is 65.0 Å². The summed E-state index contributed by atoms with van der Waals surface area (Å²) in [4.78, 5) is 45.7. The number of hydrogen-bond acceptors (Lipinski definition) is 9. The van der Waals surface area contributed by atoms with E-state index < -0.39 is 51.2 Å². The number of esters is 2. The topological polar surface area (TPSA) is 166 Å². The maximum Gasteiger partial charge on any atom is 0.473 e. The van der Waals surface area contributed by atoms with E-state index in [9.17, 15) is 23.8 Å². The maximum absolute atomic E-state index is 12.5. The molecule has 0 amide bonds. The molecule has 3 atom stereocenters. The summed E-state index contributed by atoms with van der Waals surface area (Å²) in [5, 5.41) is 18.0. The van der Waals surface area contributed by atoms with E-state index in [0.29, 0.717) is 12.8 Å². The van der Waals surface area contributed by atoms with E-state index in [1.54, 1.807) is 0 Å². The Morgan fingerprint density at radius 2 is 1.00 bits per heavy atom. The quantitative estimate of drug-likeness (QED) is 0.0339. The third-order valence-electron chi connectivity index (χ3n) is 7.82. The summed E-state index contributed by atoms with van der Waals surface area (Å²) in [5.41, 5.74) is 0. The smallest absolute Gasteiger partial charge is 0.473 e. The first-order chi connectivity index (χ1) is 22.1. The van der Waals surface area contributed by atoms with Gasteiger partial charge >= 0.3 is 25.7 Å². The number of phosphoric acid groups is 1. The summed E-state index contributed by atoms with van der Waals surface area (Å²) in [5.74, 6) is -2.68. The Labute approximate surface area is 278 Å². The lowest BCUT2D eigenvalue weighted by Crippen LogP contribution is -2.31. The molecule has 12 heteroatoms. The molecule has 2 unspecified atom stereocenters. The normalized spacial score (nSPS) is 14.0. The summed E-state index contributed by atoms with van der Waals surface area (Å²) < 4.78 is 32.2. The molecule has 0 aliphatic rings. The fourth-order valence-electron chi connectivity index (χ4n) is 5.01. The molecule has 3 N–H and O–H groups in total. The van der Waals surface area contributed by atoms with Crippen molar-refractivity contribution in [3.05, 3.63) is 0 Å². The molecule has 0 aromatic carbocycles. The molecule has 0 rings (SSSR count). The number of carboxylic acids is 1. The standard InChI is InChI=1S/C34H65O11P/c1-3-5-7-9-11-13-15-17-19-21-23-25-32(36)42-28-30(29-43-46(40,41)45-31(27-35)34(38)39)44-33(37)26-24-22-20-18-16-14-12-10-8-6-4-2/h30-31,35H,3-29H2,1-2H3,(H,38,39)(H,40,41)/t30-,31?/m1/s1. The number of phosphoric ester groups is 1. The number of carbonyl (C=O) groups excluding carboxylic acids is 2. The molecule has 0 saturated carbocycles. The van der Waals surface area contributed by atoms with Crippen molar-refractivity contribution in [2.24, 2.45) is 0 Å². The highest BCUT2D eigenvalue weighted by atomic mass is 31.2. The van der Waals surface area contributed by atoms with E-state index in [1.807, 2.05) is 0 Å². The molecule has 0 radical (unpaired) electrons. The molecule has 0 saturated heterocycles. The molecule has 0 aromatic rings. The van der Waals surface area contributed by atoms with Gasteiger partial charge in [-0.1, -0.05) is 142 Å². The number of aliphatic carboxylic acids is 1. The van der Waals surface area contributed by atoms with Crippen LogP contribution in [0, 0.1) is 0 Å². The number of hydrogen-bond donors (Lipinski definition) is 3. The zero-order valence-electron chi connectivity index (χ0n) is 28.8. The van der Waals surface area contributed by atoms with E-state index in [1.165, 1.54) is 89.9 Å². The predicted octanol–water partition coefficient (Wildman–Crippen LogP) is 8.42. The average Bonchev–Trinajstić information content (AvgIpc) is 3.02. The van der Waals surface area contributed by atoms with E-state index in [4.69, 9.17) is 24.2 Å². The molecule has 0 bridgehead atoms. The molecule has 0 heterocycles. The largest absolute Gasteiger partial charge is 0.479 e. The van der Waals surface area contributed by atoms with E-state index in [0.717, 1.165) is 38.5 Å². The predicted molar refractivity (Wildman–Crippen MR) is 178 cm³/mol. The summed E-state index contributed by atoms with van der Waals surface area (Å²) in [6.07, 6.45) is 22.3. The lowest BCUT2D eigenvalue weighted by Gasteiger charge is -2.21. The van der Waals surface area contributed by atoms with Gasteiger partial charge in [0.05, 0.1) is 13.2 Å². The number of aliphatic hydroxyl groups excluding tert-OH is 1. The van der Waals surface area contributed by atoms with Gasteiger partial charge in [0.15, 0.2) is 12.2 Å². The van der Waals surface area contributed by atoms with Crippen LogP contribution in [-0.2, 0) is 37.5 Å². The molecule has 46 heavy (non-hydrogen) atoms. The van der Waals surface area contributed by atoms with Gasteiger partial charge in [-0.25, -0.2) is 9.36 Å². The minimum atomic E-state index is -4.93. The Kier molecular flexibility index (Phi) is 29.8. The number of aliphatic hydroxyl groups is 1. The fourth-order valence-corrected chi connectivity index (χ4v) is 5.91. The van der Waals surface area contributed by atoms with Crippen molar-refractivity contribution in [2.75, 3.05) is 19.8 Å². The second-order valence-corrected chi connectivity index (χ2v) is 13.7. The van der Waals surface area contributed by atoms with Gasteiger partial charge in [0, 0.05) is 12.8 Å². The van der Waals surface area contributed by atoms with Gasteiger partial charge in [0.2, 0.25) is 0 Å². The highest BCUT2D eigenvalue weighted by Gasteiger charge is 2.32. The zero-order valence-corrected chi connectivity index (χ0v) is 29.7. The SMILES string of the molecule is CCCCCCCCCCCCCC(=O)OC[C@H](COP(=O)(O)OC(CO)C(=O)O)OC(=O)CCCCCCCCCCCCC. The van der Waals surface area contributed by atoms with Crippen molar-refractivity contribution >= 4 is 25.7 Å². The summed E-state index contributed by atoms with van der Waals surface area (Å²) in [6, 6.07) is 0. The highest BCUT2D eigenvalue weighted by Crippen LogP contribution is 2.44. The minimum Gasteiger partial charge on any atom is -0.479 e. The van der Waals surface area contributed by atoms with Crippen LogP contribution in [0.2, 0.25) is 0 Å². The third-order valence-corrected chi connectivity index (χ3v) is 8.82. The molecule has 0 spiro atoms. The van der Waals surface area contributed by atoms with Gasteiger partial charge in [0.25, 0.3) is 0 Å². The Bertz CT molecular complexity index is 808. The van der Waals surface area contributed by atoms with Crippen LogP contribution in [0.25, 0.3) is 0 Å². The van der Waals surface area contributed by atoms with E-state index in [2.05, 4.69) is 18.4 Å². The number of carboxylic acid groups (broad SMARTS) is 1. The fraction of sp³-hybridized carbons (Fsp3) is 0.912. The van der Waals surface area contributed by atoms with Crippen LogP contribution >= 0.6 is 7.82 Å². The van der Waals surface area contributed by atoms with Crippen LogP contribution in [0.15, 0.2) is 0 Å². The second kappa shape index (κ2) is 30.8. The monoisotopic (exact) mass is 680 g/mol. The molecule has 11 nitrogen and oxygen atoms in total. The van der Waals surface area contributed by atoms with Gasteiger partial charge in [-0.3, -0.25) is 18.6 Å². The third kappa shape index (κ3) is 28.7. The van der Waals surface area contributed by atoms with Crippen LogP contribution < -0.4 is 0 Å². The van der Waals surface area contributed by atoms with Gasteiger partial charge in [-0.2, -0.15) is 0 Å². The molecule has 0 fully saturated rings. The number of ether oxygens (including phenoxy) is 2. The first-order valence-electron chi connectivity index (χ1n) is 18.0. The highest BCUT2D eigenvalue weighted by molar-refractivity contribution is 7.47. The molecule has 0 aliphatic heterocycles. The van der Waals surface area contributed by atoms with Crippen molar-refractivity contribution in [1.29, 1.82) is 0 Å². The van der Waals surface area contributed by atoms with Crippen LogP contribution in [0.1, 0.15) is 168 Å². The van der Waals surface area contributed by atoms with E-state index in [-0.39, 0.29) is 19.4 Å². The number of unbranched alkanes of at least 4 members (excludes halogenated alkanes) is 20. The molecule has 0 aliphatic carbocycles. The molecular formula is C34H65O11P. The van der Waals surface area contributed by atoms with E-state index >= 15 is 0 Å². The zero-order chi connectivity index (χ0) is 34.3. The van der Waals surface area contributed by atoms with Crippen molar-refractivity contribution in [2.45, 2.75) is 180 Å². The van der Waals surface area contributed by atoms with Gasteiger partial charge < -0.3 is 24.6 Å². The Morgan fingerprint density at radius 3 is 1.39 bits per heavy atom. The van der Waals surface area contributed by atoms with Crippen molar-refractivity contribution in [3.8, 4) is 0 Å². The Balaban J connectivity index is 4.51. The van der Waals surface area contributed by atoms with Crippen molar-refractivity contribution < 1.29 is 52.6 Å². The van der Waals surface area contributed by atoms with Crippen LogP contribution in [0.5, 0.6) is 0 Å². The first-order valence-corrected chi connectivity index (χ1v) is 19.5. The van der Waals surface area contributed by atoms with Gasteiger partial charge in [0.1, 0.15) is 6.61 Å². The Morgan fingerprint density at radius 1 is 0.609 bits per heavy atom. The molecule has 272 valence electrons. The molecular weight excluding hydrogens is 615 g/mol. The van der Waals surface area contributed by atoms with Gasteiger partial charge in [-0.05, 0) is 12.8 Å². The maximum atomic E-state index is 12.5. The molecule has 0 aromatic heterocycles. The summed E-state index contributed by atoms with van der Waals surface area (Å²) in [6.45, 7) is 2.33. The number of rotatable bonds is 34. The number of carbonyl (C=O) groups is 3. The van der Waals surface area contributed by atoms with Crippen molar-refractivity contribution in [1.82, 2.24) is 0 Å². The lowest BCUT2D eigenvalue weighted by molar-refractivity contribution is -0.161. The van der Waals surface area contributed by atoms with Crippen LogP contribution in [0.4, 0.5) is 0 Å². The van der Waals surface area contributed by atoms with Crippen LogP contribution in [0.3, 0.4) is 0 Å². The average molecular weight is 681 g/mol. The summed E-state index contributed by atoms with van der Waals surface area (Å²) in [7, 11) is -4.93. The van der Waals surface area contributed by atoms with Crippen molar-refractivity contribution in [3.63, 3.8) is 0 Å². The minimum absolute atomic E-state index is 0.138. The Hall–Kier alpha value is -1.52. The van der Waals surface area contributed by atoms with Gasteiger partial charge in [-0.15, -0.1) is 0 Å². The second-order valence-electron chi connectivity index (χ2n) is 12.2. The lowest BCUT2D eigenvalue weighted by atomic mass is 10.1.